The summed E-state index contributed by atoms with van der Waals surface area (Å²) < 4.78 is 32.5. The molecule has 1 atom stereocenters. The summed E-state index contributed by atoms with van der Waals surface area (Å²) >= 11 is 0. The minimum atomic E-state index is -2.78. The third-order valence-electron chi connectivity index (χ3n) is 3.36. The molecule has 0 aliphatic carbocycles. The van der Waals surface area contributed by atoms with Gasteiger partial charge < -0.3 is 9.64 Å². The SMILES string of the molecule is C=CCC(F)(F)CN(C)C1CCN(C(=O)OC(C)(C)C)C1. The zero-order valence-electron chi connectivity index (χ0n) is 13.4. The van der Waals surface area contributed by atoms with E-state index in [1.165, 1.54) is 6.08 Å². The van der Waals surface area contributed by atoms with Crippen LogP contribution >= 0.6 is 0 Å². The number of rotatable bonds is 5. The number of likely N-dealkylation sites (N-methyl/N-ethyl adjacent to an activating group) is 1. The molecule has 0 saturated carbocycles. The van der Waals surface area contributed by atoms with Gasteiger partial charge in [0.1, 0.15) is 5.60 Å². The van der Waals surface area contributed by atoms with Crippen LogP contribution in [0.2, 0.25) is 0 Å². The van der Waals surface area contributed by atoms with Gasteiger partial charge in [0.25, 0.3) is 5.92 Å². The Morgan fingerprint density at radius 3 is 2.62 bits per heavy atom. The van der Waals surface area contributed by atoms with Crippen molar-refractivity contribution in [2.24, 2.45) is 0 Å². The van der Waals surface area contributed by atoms with Crippen molar-refractivity contribution >= 4 is 6.09 Å². The monoisotopic (exact) mass is 304 g/mol. The van der Waals surface area contributed by atoms with Gasteiger partial charge in [0.15, 0.2) is 0 Å². The highest BCUT2D eigenvalue weighted by Crippen LogP contribution is 2.24. The number of ether oxygens (including phenoxy) is 1. The highest BCUT2D eigenvalue weighted by Gasteiger charge is 2.36. The summed E-state index contributed by atoms with van der Waals surface area (Å²) in [6, 6.07) is -0.0618. The third-order valence-corrected chi connectivity index (χ3v) is 3.36. The van der Waals surface area contributed by atoms with E-state index in [-0.39, 0.29) is 25.1 Å². The van der Waals surface area contributed by atoms with Crippen LogP contribution in [-0.2, 0) is 4.74 Å². The number of amides is 1. The molecule has 1 aliphatic rings. The smallest absolute Gasteiger partial charge is 0.410 e. The summed E-state index contributed by atoms with van der Waals surface area (Å²) in [6.45, 7) is 9.41. The summed E-state index contributed by atoms with van der Waals surface area (Å²) in [5.74, 6) is -2.78. The normalized spacial score (nSPS) is 20.0. The molecule has 0 N–H and O–H groups in total. The third kappa shape index (κ3) is 5.99. The summed E-state index contributed by atoms with van der Waals surface area (Å²) in [5.41, 5.74) is -0.544. The molecule has 1 amide bonds. The molecule has 0 aromatic rings. The van der Waals surface area contributed by atoms with E-state index < -0.39 is 11.5 Å². The molecule has 1 heterocycles. The predicted octanol–water partition coefficient (Wildman–Crippen LogP) is 3.14. The van der Waals surface area contributed by atoms with Crippen LogP contribution in [0.3, 0.4) is 0 Å². The Labute approximate surface area is 125 Å². The van der Waals surface area contributed by atoms with Crippen molar-refractivity contribution < 1.29 is 18.3 Å². The van der Waals surface area contributed by atoms with Gasteiger partial charge in [-0.1, -0.05) is 6.08 Å². The summed E-state index contributed by atoms with van der Waals surface area (Å²) in [5, 5.41) is 0. The number of carbonyl (C=O) groups is 1. The van der Waals surface area contributed by atoms with Crippen molar-refractivity contribution in [1.82, 2.24) is 9.80 Å². The largest absolute Gasteiger partial charge is 0.444 e. The Balaban J connectivity index is 2.50. The lowest BCUT2D eigenvalue weighted by Gasteiger charge is -2.29. The Morgan fingerprint density at radius 1 is 1.48 bits per heavy atom. The first-order valence-electron chi connectivity index (χ1n) is 7.21. The van der Waals surface area contributed by atoms with Crippen LogP contribution in [0.15, 0.2) is 12.7 Å². The predicted molar refractivity (Wildman–Crippen MR) is 78.6 cm³/mol. The van der Waals surface area contributed by atoms with E-state index in [0.717, 1.165) is 0 Å². The van der Waals surface area contributed by atoms with Gasteiger partial charge in [0.05, 0.1) is 6.54 Å². The van der Waals surface area contributed by atoms with Gasteiger partial charge >= 0.3 is 6.09 Å². The van der Waals surface area contributed by atoms with Crippen LogP contribution in [0.1, 0.15) is 33.6 Å². The number of allylic oxidation sites excluding steroid dienone is 1. The van der Waals surface area contributed by atoms with Crippen molar-refractivity contribution in [3.05, 3.63) is 12.7 Å². The Kier molecular flexibility index (Phi) is 5.73. The molecule has 6 heteroatoms. The van der Waals surface area contributed by atoms with Crippen LogP contribution in [0, 0.1) is 0 Å². The molecular formula is C15H26F2N2O2. The number of carbonyl (C=O) groups excluding carboxylic acids is 1. The van der Waals surface area contributed by atoms with Crippen molar-refractivity contribution in [1.29, 1.82) is 0 Å². The molecule has 0 aromatic heterocycles. The van der Waals surface area contributed by atoms with Crippen LogP contribution in [0.4, 0.5) is 13.6 Å². The molecule has 21 heavy (non-hydrogen) atoms. The molecule has 0 aromatic carbocycles. The minimum absolute atomic E-state index is 0.0618. The molecule has 0 radical (unpaired) electrons. The molecular weight excluding hydrogens is 278 g/mol. The van der Waals surface area contributed by atoms with Crippen LogP contribution in [0.5, 0.6) is 0 Å². The molecule has 1 aliphatic heterocycles. The topological polar surface area (TPSA) is 32.8 Å². The maximum Gasteiger partial charge on any atom is 0.410 e. The summed E-state index contributed by atoms with van der Waals surface area (Å²) in [6.07, 6.45) is 1.20. The fraction of sp³-hybridized carbons (Fsp3) is 0.800. The minimum Gasteiger partial charge on any atom is -0.444 e. The van der Waals surface area contributed by atoms with E-state index in [2.05, 4.69) is 6.58 Å². The first-order valence-corrected chi connectivity index (χ1v) is 7.21. The average molecular weight is 304 g/mol. The van der Waals surface area contributed by atoms with Crippen LogP contribution in [-0.4, -0.2) is 60.1 Å². The van der Waals surface area contributed by atoms with E-state index >= 15 is 0 Å². The zero-order chi connectivity index (χ0) is 16.3. The number of hydrogen-bond acceptors (Lipinski definition) is 3. The molecule has 1 unspecified atom stereocenters. The Bertz CT molecular complexity index is 380. The van der Waals surface area contributed by atoms with Gasteiger partial charge in [-0.3, -0.25) is 4.90 Å². The highest BCUT2D eigenvalue weighted by atomic mass is 19.3. The van der Waals surface area contributed by atoms with Gasteiger partial charge in [0.2, 0.25) is 0 Å². The molecule has 1 saturated heterocycles. The second kappa shape index (κ2) is 6.73. The summed E-state index contributed by atoms with van der Waals surface area (Å²) in [4.78, 5) is 15.1. The second-order valence-electron chi connectivity index (χ2n) is 6.63. The molecule has 1 fully saturated rings. The Hall–Kier alpha value is -1.17. The van der Waals surface area contributed by atoms with Crippen molar-refractivity contribution in [3.63, 3.8) is 0 Å². The molecule has 4 nitrogen and oxygen atoms in total. The fourth-order valence-corrected chi connectivity index (χ4v) is 2.36. The number of halogens is 2. The number of hydrogen-bond donors (Lipinski definition) is 0. The van der Waals surface area contributed by atoms with Crippen LogP contribution < -0.4 is 0 Å². The first kappa shape index (κ1) is 17.9. The second-order valence-corrected chi connectivity index (χ2v) is 6.63. The lowest BCUT2D eigenvalue weighted by atomic mass is 10.2. The van der Waals surface area contributed by atoms with Gasteiger partial charge in [-0.15, -0.1) is 6.58 Å². The number of alkyl halides is 2. The van der Waals surface area contributed by atoms with E-state index in [1.807, 2.05) is 0 Å². The number of nitrogens with zero attached hydrogens (tertiary/aromatic N) is 2. The zero-order valence-corrected chi connectivity index (χ0v) is 13.4. The lowest BCUT2D eigenvalue weighted by molar-refractivity contribution is -0.0316. The van der Waals surface area contributed by atoms with Crippen molar-refractivity contribution in [3.8, 4) is 0 Å². The average Bonchev–Trinajstić information content (AvgIpc) is 2.74. The fourth-order valence-electron chi connectivity index (χ4n) is 2.36. The molecule has 0 bridgehead atoms. The first-order chi connectivity index (χ1) is 9.54. The van der Waals surface area contributed by atoms with E-state index in [1.54, 1.807) is 37.6 Å². The highest BCUT2D eigenvalue weighted by molar-refractivity contribution is 5.68. The van der Waals surface area contributed by atoms with Gasteiger partial charge in [-0.2, -0.15) is 0 Å². The lowest BCUT2D eigenvalue weighted by Crippen LogP contribution is -2.43. The van der Waals surface area contributed by atoms with Gasteiger partial charge in [0, 0.05) is 25.6 Å². The van der Waals surface area contributed by atoms with Crippen molar-refractivity contribution in [2.45, 2.75) is 51.2 Å². The maximum absolute atomic E-state index is 13.6. The van der Waals surface area contributed by atoms with E-state index in [9.17, 15) is 13.6 Å². The van der Waals surface area contributed by atoms with E-state index in [4.69, 9.17) is 4.74 Å². The van der Waals surface area contributed by atoms with Crippen molar-refractivity contribution in [2.75, 3.05) is 26.7 Å². The maximum atomic E-state index is 13.6. The van der Waals surface area contributed by atoms with Crippen LogP contribution in [0.25, 0.3) is 0 Å². The number of likely N-dealkylation sites (tertiary alicyclic amines) is 1. The van der Waals surface area contributed by atoms with Gasteiger partial charge in [-0.25, -0.2) is 13.6 Å². The van der Waals surface area contributed by atoms with Gasteiger partial charge in [-0.05, 0) is 34.2 Å². The summed E-state index contributed by atoms with van der Waals surface area (Å²) in [7, 11) is 1.67. The Morgan fingerprint density at radius 2 is 2.10 bits per heavy atom. The van der Waals surface area contributed by atoms with E-state index in [0.29, 0.717) is 19.5 Å². The molecule has 122 valence electrons. The quantitative estimate of drug-likeness (QED) is 0.732. The standard InChI is InChI=1S/C15H26F2N2O2/c1-6-8-15(16,17)11-18(5)12-7-9-19(10-12)13(20)21-14(2,3)4/h6,12H,1,7-11H2,2-5H3. The molecule has 1 rings (SSSR count). The molecule has 0 spiro atoms.